The Morgan fingerprint density at radius 3 is 3.05 bits per heavy atom. The van der Waals surface area contributed by atoms with E-state index in [0.717, 1.165) is 11.2 Å². The van der Waals surface area contributed by atoms with Crippen molar-refractivity contribution in [3.63, 3.8) is 0 Å². The van der Waals surface area contributed by atoms with Gasteiger partial charge in [0.2, 0.25) is 5.95 Å². The normalized spacial score (nSPS) is 10.6. The highest BCUT2D eigenvalue weighted by atomic mass is 15.2. The third-order valence-corrected chi connectivity index (χ3v) is 2.57. The molecule has 0 amide bonds. The van der Waals surface area contributed by atoms with Gasteiger partial charge in [-0.2, -0.15) is 20.2 Å². The zero-order chi connectivity index (χ0) is 13.1. The standard InChI is InChI=1S/C11H12N8/c1-12-11-17-9(8-10(18-11)15-6-14-8)13-5-7-3-2-4-16-19-7/h2-4,6H,5H2,1H3,(H3,12,13,14,15,17,18). The molecule has 96 valence electrons. The Kier molecular flexibility index (Phi) is 2.89. The van der Waals surface area contributed by atoms with Gasteiger partial charge >= 0.3 is 0 Å². The van der Waals surface area contributed by atoms with E-state index >= 15 is 0 Å². The van der Waals surface area contributed by atoms with Gasteiger partial charge in [-0.15, -0.1) is 0 Å². The lowest BCUT2D eigenvalue weighted by Gasteiger charge is -2.07. The van der Waals surface area contributed by atoms with Crippen molar-refractivity contribution in [1.82, 2.24) is 30.1 Å². The van der Waals surface area contributed by atoms with Gasteiger partial charge in [-0.3, -0.25) is 0 Å². The second-order valence-electron chi connectivity index (χ2n) is 3.82. The van der Waals surface area contributed by atoms with Crippen LogP contribution in [0.15, 0.2) is 24.7 Å². The van der Waals surface area contributed by atoms with E-state index in [9.17, 15) is 0 Å². The molecule has 0 radical (unpaired) electrons. The van der Waals surface area contributed by atoms with Gasteiger partial charge in [-0.05, 0) is 12.1 Å². The predicted octanol–water partition coefficient (Wildman–Crippen LogP) is 0.797. The van der Waals surface area contributed by atoms with Crippen LogP contribution in [0.4, 0.5) is 11.8 Å². The zero-order valence-electron chi connectivity index (χ0n) is 10.3. The first kappa shape index (κ1) is 11.3. The van der Waals surface area contributed by atoms with Crippen LogP contribution in [0.2, 0.25) is 0 Å². The highest BCUT2D eigenvalue weighted by Gasteiger charge is 2.09. The van der Waals surface area contributed by atoms with Crippen LogP contribution in [0, 0.1) is 0 Å². The molecular weight excluding hydrogens is 244 g/mol. The molecule has 3 aromatic rings. The van der Waals surface area contributed by atoms with Gasteiger partial charge in [-0.1, -0.05) is 0 Å². The van der Waals surface area contributed by atoms with Crippen LogP contribution < -0.4 is 10.6 Å². The maximum atomic E-state index is 4.35. The van der Waals surface area contributed by atoms with Crippen molar-refractivity contribution in [3.05, 3.63) is 30.4 Å². The molecular formula is C11H12N8. The SMILES string of the molecule is CNc1nc(NCc2cccnn2)c2[nH]cnc2n1. The molecule has 0 saturated heterocycles. The van der Waals surface area contributed by atoms with Crippen molar-refractivity contribution in [2.24, 2.45) is 0 Å². The molecule has 0 bridgehead atoms. The molecule has 0 aliphatic carbocycles. The van der Waals surface area contributed by atoms with E-state index < -0.39 is 0 Å². The summed E-state index contributed by atoms with van der Waals surface area (Å²) < 4.78 is 0. The van der Waals surface area contributed by atoms with E-state index in [1.54, 1.807) is 19.6 Å². The summed E-state index contributed by atoms with van der Waals surface area (Å²) in [6, 6.07) is 3.74. The van der Waals surface area contributed by atoms with Crippen molar-refractivity contribution >= 4 is 22.9 Å². The Hall–Kier alpha value is -2.77. The van der Waals surface area contributed by atoms with Gasteiger partial charge in [0.15, 0.2) is 11.5 Å². The second-order valence-corrected chi connectivity index (χ2v) is 3.82. The van der Waals surface area contributed by atoms with E-state index in [4.69, 9.17) is 0 Å². The Morgan fingerprint density at radius 1 is 1.32 bits per heavy atom. The largest absolute Gasteiger partial charge is 0.362 e. The van der Waals surface area contributed by atoms with Crippen molar-refractivity contribution in [3.8, 4) is 0 Å². The lowest BCUT2D eigenvalue weighted by Crippen LogP contribution is -2.07. The maximum Gasteiger partial charge on any atom is 0.226 e. The van der Waals surface area contributed by atoms with Crippen molar-refractivity contribution < 1.29 is 0 Å². The van der Waals surface area contributed by atoms with Gasteiger partial charge in [0.1, 0.15) is 5.52 Å². The van der Waals surface area contributed by atoms with Gasteiger partial charge in [-0.25, -0.2) is 4.98 Å². The van der Waals surface area contributed by atoms with Crippen LogP contribution in [-0.2, 0) is 6.54 Å². The number of hydrogen-bond donors (Lipinski definition) is 3. The number of hydrogen-bond acceptors (Lipinski definition) is 7. The molecule has 19 heavy (non-hydrogen) atoms. The number of imidazole rings is 1. The summed E-state index contributed by atoms with van der Waals surface area (Å²) in [4.78, 5) is 15.7. The van der Waals surface area contributed by atoms with Gasteiger partial charge < -0.3 is 15.6 Å². The smallest absolute Gasteiger partial charge is 0.226 e. The third-order valence-electron chi connectivity index (χ3n) is 2.57. The van der Waals surface area contributed by atoms with Crippen molar-refractivity contribution in [2.75, 3.05) is 17.7 Å². The molecule has 0 aromatic carbocycles. The van der Waals surface area contributed by atoms with E-state index in [0.29, 0.717) is 24.0 Å². The topological polar surface area (TPSA) is 104 Å². The average molecular weight is 256 g/mol. The van der Waals surface area contributed by atoms with Crippen molar-refractivity contribution in [1.29, 1.82) is 0 Å². The molecule has 0 spiro atoms. The predicted molar refractivity (Wildman–Crippen MR) is 70.6 cm³/mol. The van der Waals surface area contributed by atoms with Crippen LogP contribution in [0.5, 0.6) is 0 Å². The lowest BCUT2D eigenvalue weighted by atomic mass is 10.4. The molecule has 8 nitrogen and oxygen atoms in total. The number of aromatic nitrogens is 6. The number of aromatic amines is 1. The monoisotopic (exact) mass is 256 g/mol. The fraction of sp³-hybridized carbons (Fsp3) is 0.182. The molecule has 0 aliphatic heterocycles. The summed E-state index contributed by atoms with van der Waals surface area (Å²) in [5.41, 5.74) is 2.21. The quantitative estimate of drug-likeness (QED) is 0.634. The number of anilines is 2. The average Bonchev–Trinajstić information content (AvgIpc) is 2.94. The van der Waals surface area contributed by atoms with Gasteiger partial charge in [0.05, 0.1) is 18.6 Å². The first-order valence-electron chi connectivity index (χ1n) is 5.76. The van der Waals surface area contributed by atoms with Gasteiger partial charge in [0, 0.05) is 13.2 Å². The minimum atomic E-state index is 0.515. The number of nitrogens with zero attached hydrogens (tertiary/aromatic N) is 5. The Balaban J connectivity index is 1.89. The zero-order valence-corrected chi connectivity index (χ0v) is 10.3. The fourth-order valence-electron chi connectivity index (χ4n) is 1.67. The first-order valence-corrected chi connectivity index (χ1v) is 5.76. The summed E-state index contributed by atoms with van der Waals surface area (Å²) >= 11 is 0. The second kappa shape index (κ2) is 4.84. The molecule has 3 N–H and O–H groups in total. The number of rotatable bonds is 4. The summed E-state index contributed by atoms with van der Waals surface area (Å²) in [5, 5.41) is 13.9. The molecule has 3 aromatic heterocycles. The maximum absolute atomic E-state index is 4.35. The molecule has 0 unspecified atom stereocenters. The molecule has 0 saturated carbocycles. The van der Waals surface area contributed by atoms with E-state index in [2.05, 4.69) is 40.8 Å². The van der Waals surface area contributed by atoms with E-state index in [-0.39, 0.29) is 0 Å². The first-order chi connectivity index (χ1) is 9.36. The highest BCUT2D eigenvalue weighted by Crippen LogP contribution is 2.18. The highest BCUT2D eigenvalue weighted by molar-refractivity contribution is 5.83. The van der Waals surface area contributed by atoms with E-state index in [1.807, 2.05) is 12.1 Å². The number of nitrogens with one attached hydrogen (secondary N) is 3. The molecule has 3 rings (SSSR count). The van der Waals surface area contributed by atoms with E-state index in [1.165, 1.54) is 0 Å². The number of H-pyrrole nitrogens is 1. The molecule has 8 heteroatoms. The molecule has 0 atom stereocenters. The number of fused-ring (bicyclic) bond motifs is 1. The minimum absolute atomic E-state index is 0.515. The van der Waals surface area contributed by atoms with Crippen LogP contribution >= 0.6 is 0 Å². The summed E-state index contributed by atoms with van der Waals surface area (Å²) in [6.45, 7) is 0.530. The van der Waals surface area contributed by atoms with Crippen LogP contribution in [-0.4, -0.2) is 37.2 Å². The summed E-state index contributed by atoms with van der Waals surface area (Å²) in [5.74, 6) is 1.19. The minimum Gasteiger partial charge on any atom is -0.362 e. The summed E-state index contributed by atoms with van der Waals surface area (Å²) in [7, 11) is 1.76. The Morgan fingerprint density at radius 2 is 2.26 bits per heavy atom. The fourth-order valence-corrected chi connectivity index (χ4v) is 1.67. The summed E-state index contributed by atoms with van der Waals surface area (Å²) in [6.07, 6.45) is 3.23. The van der Waals surface area contributed by atoms with Crippen LogP contribution in [0.3, 0.4) is 0 Å². The molecule has 0 fully saturated rings. The molecule has 3 heterocycles. The van der Waals surface area contributed by atoms with Crippen LogP contribution in [0.25, 0.3) is 11.2 Å². The third kappa shape index (κ3) is 2.28. The molecule has 0 aliphatic rings. The van der Waals surface area contributed by atoms with Gasteiger partial charge in [0.25, 0.3) is 0 Å². The van der Waals surface area contributed by atoms with Crippen LogP contribution in [0.1, 0.15) is 5.69 Å². The lowest BCUT2D eigenvalue weighted by molar-refractivity contribution is 0.921. The Bertz CT molecular complexity index is 677. The van der Waals surface area contributed by atoms with Crippen molar-refractivity contribution in [2.45, 2.75) is 6.54 Å². The Labute approximate surface area is 108 Å².